The average molecular weight is 489 g/mol. The van der Waals surface area contributed by atoms with E-state index < -0.39 is 34.8 Å². The number of halogens is 5. The summed E-state index contributed by atoms with van der Waals surface area (Å²) in [5, 5.41) is 0. The van der Waals surface area contributed by atoms with Gasteiger partial charge in [-0.1, -0.05) is 56.9 Å². The smallest absolute Gasteiger partial charge is 0.194 e. The highest BCUT2D eigenvalue weighted by Gasteiger charge is 2.24. The highest BCUT2D eigenvalue weighted by molar-refractivity contribution is 5.67. The zero-order valence-corrected chi connectivity index (χ0v) is 19.7. The van der Waals surface area contributed by atoms with Gasteiger partial charge in [0.15, 0.2) is 29.0 Å². The Balaban J connectivity index is 1.49. The lowest BCUT2D eigenvalue weighted by Gasteiger charge is -2.29. The molecule has 1 nitrogen and oxygen atoms in total. The molecule has 0 amide bonds. The van der Waals surface area contributed by atoms with Crippen LogP contribution < -0.4 is 4.74 Å². The second-order valence-electron chi connectivity index (χ2n) is 9.37. The van der Waals surface area contributed by atoms with E-state index in [2.05, 4.69) is 6.92 Å². The van der Waals surface area contributed by atoms with Gasteiger partial charge in [0.2, 0.25) is 0 Å². The summed E-state index contributed by atoms with van der Waals surface area (Å²) in [4.78, 5) is 0. The minimum atomic E-state index is -1.64. The largest absolute Gasteiger partial charge is 0.454 e. The van der Waals surface area contributed by atoms with Crippen LogP contribution in [0.15, 0.2) is 48.5 Å². The van der Waals surface area contributed by atoms with Crippen molar-refractivity contribution in [1.29, 1.82) is 0 Å². The second kappa shape index (κ2) is 11.2. The van der Waals surface area contributed by atoms with E-state index in [1.165, 1.54) is 49.9 Å². The molecule has 3 aromatic carbocycles. The summed E-state index contributed by atoms with van der Waals surface area (Å²) in [6.45, 7) is 2.21. The molecule has 0 saturated heterocycles. The van der Waals surface area contributed by atoms with Gasteiger partial charge < -0.3 is 4.74 Å². The fourth-order valence-corrected chi connectivity index (χ4v) is 4.99. The zero-order chi connectivity index (χ0) is 24.9. The topological polar surface area (TPSA) is 9.23 Å². The Bertz CT molecular complexity index is 1140. The number of unbranched alkanes of at least 4 members (excludes halogenated alkanes) is 2. The molecule has 4 rings (SSSR count). The maximum absolute atomic E-state index is 15.2. The van der Waals surface area contributed by atoms with Crippen LogP contribution in [0.4, 0.5) is 22.0 Å². The Kier molecular flexibility index (Phi) is 8.09. The van der Waals surface area contributed by atoms with Crippen LogP contribution in [0.25, 0.3) is 11.1 Å². The van der Waals surface area contributed by atoms with Gasteiger partial charge in [-0.15, -0.1) is 0 Å². The van der Waals surface area contributed by atoms with Gasteiger partial charge in [-0.25, -0.2) is 22.0 Å². The van der Waals surface area contributed by atoms with Crippen molar-refractivity contribution < 1.29 is 26.7 Å². The molecule has 3 aromatic rings. The lowest BCUT2D eigenvalue weighted by Crippen LogP contribution is -2.13. The molecular formula is C29H29F5O. The van der Waals surface area contributed by atoms with Crippen molar-refractivity contribution in [3.63, 3.8) is 0 Å². The first kappa shape index (κ1) is 25.2. The Morgan fingerprint density at radius 2 is 1.46 bits per heavy atom. The van der Waals surface area contributed by atoms with Gasteiger partial charge in [0.25, 0.3) is 0 Å². The maximum atomic E-state index is 15.2. The van der Waals surface area contributed by atoms with Crippen molar-refractivity contribution in [2.24, 2.45) is 5.92 Å². The predicted molar refractivity (Wildman–Crippen MR) is 127 cm³/mol. The molecule has 1 aliphatic carbocycles. The number of rotatable bonds is 8. The van der Waals surface area contributed by atoms with Crippen molar-refractivity contribution >= 4 is 0 Å². The van der Waals surface area contributed by atoms with Crippen LogP contribution in [-0.2, 0) is 0 Å². The summed E-state index contributed by atoms with van der Waals surface area (Å²) in [6.07, 6.45) is 9.38. The molecule has 1 fully saturated rings. The first-order valence-corrected chi connectivity index (χ1v) is 12.3. The van der Waals surface area contributed by atoms with E-state index in [0.717, 1.165) is 37.2 Å². The van der Waals surface area contributed by atoms with Crippen molar-refractivity contribution in [2.45, 2.75) is 64.2 Å². The number of hydrogen-bond donors (Lipinski definition) is 0. The molecule has 0 spiro atoms. The third kappa shape index (κ3) is 5.85. The van der Waals surface area contributed by atoms with E-state index in [1.54, 1.807) is 6.07 Å². The fraction of sp³-hybridized carbons (Fsp3) is 0.379. The van der Waals surface area contributed by atoms with E-state index in [-0.39, 0.29) is 16.9 Å². The monoisotopic (exact) mass is 488 g/mol. The molecule has 6 heteroatoms. The quantitative estimate of drug-likeness (QED) is 0.174. The van der Waals surface area contributed by atoms with E-state index >= 15 is 8.78 Å². The minimum Gasteiger partial charge on any atom is -0.454 e. The first-order chi connectivity index (χ1) is 16.9. The summed E-state index contributed by atoms with van der Waals surface area (Å²) in [7, 11) is 0. The van der Waals surface area contributed by atoms with E-state index in [4.69, 9.17) is 4.74 Å². The van der Waals surface area contributed by atoms with Crippen LogP contribution in [0, 0.1) is 35.0 Å². The van der Waals surface area contributed by atoms with Crippen LogP contribution >= 0.6 is 0 Å². The van der Waals surface area contributed by atoms with Crippen LogP contribution in [0.5, 0.6) is 11.5 Å². The van der Waals surface area contributed by atoms with Gasteiger partial charge >= 0.3 is 0 Å². The van der Waals surface area contributed by atoms with Crippen molar-refractivity contribution in [3.05, 3.63) is 83.2 Å². The summed E-state index contributed by atoms with van der Waals surface area (Å²) < 4.78 is 75.7. The Morgan fingerprint density at radius 1 is 0.743 bits per heavy atom. The highest BCUT2D eigenvalue weighted by Crippen LogP contribution is 2.40. The Hall–Kier alpha value is -2.89. The third-order valence-corrected chi connectivity index (χ3v) is 6.97. The molecule has 0 aromatic heterocycles. The summed E-state index contributed by atoms with van der Waals surface area (Å²) in [5.74, 6) is -5.67. The Labute approximate surface area is 202 Å². The Morgan fingerprint density at radius 3 is 2.11 bits per heavy atom. The molecule has 1 saturated carbocycles. The lowest BCUT2D eigenvalue weighted by atomic mass is 9.77. The van der Waals surface area contributed by atoms with E-state index in [0.29, 0.717) is 18.1 Å². The van der Waals surface area contributed by atoms with Crippen molar-refractivity contribution in [1.82, 2.24) is 0 Å². The normalized spacial score (nSPS) is 18.0. The van der Waals surface area contributed by atoms with E-state index in [9.17, 15) is 13.2 Å². The molecule has 0 aliphatic heterocycles. The molecule has 0 N–H and O–H groups in total. The molecule has 186 valence electrons. The fourth-order valence-electron chi connectivity index (χ4n) is 4.99. The lowest BCUT2D eigenvalue weighted by molar-refractivity contribution is 0.302. The summed E-state index contributed by atoms with van der Waals surface area (Å²) in [5.41, 5.74) is 0.957. The average Bonchev–Trinajstić information content (AvgIpc) is 2.85. The highest BCUT2D eigenvalue weighted by atomic mass is 19.2. The second-order valence-corrected chi connectivity index (χ2v) is 9.37. The summed E-state index contributed by atoms with van der Waals surface area (Å²) in [6, 6.07) is 10.3. The van der Waals surface area contributed by atoms with Gasteiger partial charge in [-0.2, -0.15) is 0 Å². The zero-order valence-electron chi connectivity index (χ0n) is 19.7. The van der Waals surface area contributed by atoms with Crippen molar-refractivity contribution in [2.75, 3.05) is 0 Å². The van der Waals surface area contributed by atoms with Gasteiger partial charge in [0, 0.05) is 23.3 Å². The molecule has 0 unspecified atom stereocenters. The van der Waals surface area contributed by atoms with Crippen molar-refractivity contribution in [3.8, 4) is 22.6 Å². The van der Waals surface area contributed by atoms with Gasteiger partial charge in [-0.05, 0) is 55.2 Å². The number of ether oxygens (including phenoxy) is 1. The number of benzene rings is 3. The maximum Gasteiger partial charge on any atom is 0.194 e. The predicted octanol–water partition coefficient (Wildman–Crippen LogP) is 9.70. The number of hydrogen-bond acceptors (Lipinski definition) is 1. The van der Waals surface area contributed by atoms with Gasteiger partial charge in [0.05, 0.1) is 0 Å². The molecular weight excluding hydrogens is 459 g/mol. The molecule has 1 aliphatic rings. The van der Waals surface area contributed by atoms with E-state index in [1.807, 2.05) is 6.07 Å². The van der Waals surface area contributed by atoms with Crippen LogP contribution in [0.1, 0.15) is 69.8 Å². The van der Waals surface area contributed by atoms with Crippen LogP contribution in [0.2, 0.25) is 0 Å². The molecule has 0 bridgehead atoms. The summed E-state index contributed by atoms with van der Waals surface area (Å²) >= 11 is 0. The minimum absolute atomic E-state index is 0.0331. The van der Waals surface area contributed by atoms with Gasteiger partial charge in [0.1, 0.15) is 11.6 Å². The SMILES string of the molecule is CCCCCC1CCC(c2ccc(-c3cccc(Oc4cc(F)c(F)c(F)c4)c3F)c(F)c2)CC1. The molecule has 0 atom stereocenters. The van der Waals surface area contributed by atoms with Gasteiger partial charge in [-0.3, -0.25) is 0 Å². The van der Waals surface area contributed by atoms with Crippen LogP contribution in [0.3, 0.4) is 0 Å². The van der Waals surface area contributed by atoms with Crippen LogP contribution in [-0.4, -0.2) is 0 Å². The molecule has 35 heavy (non-hydrogen) atoms. The standard InChI is InChI=1S/C29H29F5O/c1-2-3-4-6-18-9-11-19(12-10-18)20-13-14-22(24(30)15-20)23-7-5-8-27(28(23)33)35-21-16-25(31)29(34)26(32)17-21/h5,7-8,13-19H,2-4,6,9-12H2,1H3. The first-order valence-electron chi connectivity index (χ1n) is 12.3. The third-order valence-electron chi connectivity index (χ3n) is 6.97. The molecule has 0 heterocycles. The molecule has 0 radical (unpaired) electrons.